The number of carbonyl (C=O) groups excluding carboxylic acids is 1. The van der Waals surface area contributed by atoms with Crippen LogP contribution in [0.5, 0.6) is 0 Å². The number of benzene rings is 3. The lowest BCUT2D eigenvalue weighted by Gasteiger charge is -2.19. The van der Waals surface area contributed by atoms with Crippen molar-refractivity contribution in [1.82, 2.24) is 14.6 Å². The predicted molar refractivity (Wildman–Crippen MR) is 134 cm³/mol. The second-order valence-electron chi connectivity index (χ2n) is 8.45. The minimum absolute atomic E-state index is 0.0927. The average molecular weight is 494 g/mol. The van der Waals surface area contributed by atoms with E-state index in [1.165, 1.54) is 29.8 Å². The molecule has 3 aromatic carbocycles. The van der Waals surface area contributed by atoms with Crippen LogP contribution in [0.15, 0.2) is 86.9 Å². The van der Waals surface area contributed by atoms with Crippen molar-refractivity contribution in [2.24, 2.45) is 7.05 Å². The molecule has 182 valence electrons. The summed E-state index contributed by atoms with van der Waals surface area (Å²) in [6.45, 7) is 2.38. The number of carbonyl (C=O) groups is 1. The fraction of sp³-hybridized carbons (Fsp3) is 0.231. The zero-order chi connectivity index (χ0) is 25.0. The fourth-order valence-electron chi connectivity index (χ4n) is 3.78. The summed E-state index contributed by atoms with van der Waals surface area (Å²) >= 11 is 0. The summed E-state index contributed by atoms with van der Waals surface area (Å²) < 4.78 is 35.3. The van der Waals surface area contributed by atoms with Gasteiger partial charge in [0.05, 0.1) is 10.4 Å². The minimum Gasteiger partial charge on any atom is -0.408 e. The number of amides is 1. The highest BCUT2D eigenvalue weighted by Crippen LogP contribution is 2.19. The first-order valence-electron chi connectivity index (χ1n) is 11.2. The zero-order valence-corrected chi connectivity index (χ0v) is 20.3. The Balaban J connectivity index is 1.52. The Morgan fingerprint density at radius 3 is 2.43 bits per heavy atom. The van der Waals surface area contributed by atoms with E-state index in [9.17, 15) is 18.0 Å². The maximum atomic E-state index is 13.2. The van der Waals surface area contributed by atoms with Gasteiger partial charge in [0.25, 0.3) is 0 Å². The molecule has 0 saturated carbocycles. The summed E-state index contributed by atoms with van der Waals surface area (Å²) in [5, 5.41) is 2.85. The van der Waals surface area contributed by atoms with Crippen LogP contribution in [0, 0.1) is 6.92 Å². The van der Waals surface area contributed by atoms with E-state index in [0.29, 0.717) is 18.5 Å². The minimum atomic E-state index is -4.08. The second kappa shape index (κ2) is 10.3. The predicted octanol–water partition coefficient (Wildman–Crippen LogP) is 2.69. The van der Waals surface area contributed by atoms with Crippen LogP contribution in [0.2, 0.25) is 0 Å². The van der Waals surface area contributed by atoms with Crippen LogP contribution in [0.25, 0.3) is 11.1 Å². The number of hydrogen-bond acceptors (Lipinski definition) is 5. The molecule has 4 aromatic rings. The Bertz CT molecular complexity index is 1490. The quantitative estimate of drug-likeness (QED) is 0.373. The van der Waals surface area contributed by atoms with Crippen molar-refractivity contribution in [3.63, 3.8) is 0 Å². The monoisotopic (exact) mass is 493 g/mol. The summed E-state index contributed by atoms with van der Waals surface area (Å²) in [6, 6.07) is 20.4. The van der Waals surface area contributed by atoms with Crippen molar-refractivity contribution in [3.05, 3.63) is 100 Å². The Morgan fingerprint density at radius 1 is 1.00 bits per heavy atom. The van der Waals surface area contributed by atoms with Gasteiger partial charge in [-0.15, -0.1) is 0 Å². The lowest BCUT2D eigenvalue weighted by atomic mass is 10.1. The molecule has 0 bridgehead atoms. The fourth-order valence-corrected chi connectivity index (χ4v) is 4.99. The molecule has 0 aliphatic carbocycles. The summed E-state index contributed by atoms with van der Waals surface area (Å²) in [5.41, 5.74) is 3.68. The maximum Gasteiger partial charge on any atom is 0.419 e. The maximum absolute atomic E-state index is 13.2. The molecule has 8 nitrogen and oxygen atoms in total. The van der Waals surface area contributed by atoms with Gasteiger partial charge in [-0.3, -0.25) is 9.36 Å². The normalized spacial score (nSPS) is 12.5. The molecule has 1 aromatic heterocycles. The largest absolute Gasteiger partial charge is 0.419 e. The van der Waals surface area contributed by atoms with Gasteiger partial charge in [0.1, 0.15) is 6.04 Å². The van der Waals surface area contributed by atoms with Gasteiger partial charge in [-0.05, 0) is 43.0 Å². The molecular formula is C26H27N3O5S. The Kier molecular flexibility index (Phi) is 7.18. The summed E-state index contributed by atoms with van der Waals surface area (Å²) in [5.74, 6) is -1.01. The Hall–Kier alpha value is -3.69. The van der Waals surface area contributed by atoms with E-state index in [4.69, 9.17) is 4.42 Å². The summed E-state index contributed by atoms with van der Waals surface area (Å²) in [7, 11) is -2.54. The van der Waals surface area contributed by atoms with Crippen LogP contribution in [0.4, 0.5) is 0 Å². The van der Waals surface area contributed by atoms with E-state index in [1.807, 2.05) is 61.5 Å². The molecule has 0 aliphatic heterocycles. The molecule has 0 saturated heterocycles. The molecule has 0 radical (unpaired) electrons. The van der Waals surface area contributed by atoms with Crippen molar-refractivity contribution in [3.8, 4) is 0 Å². The third-order valence-electron chi connectivity index (χ3n) is 5.80. The molecule has 1 heterocycles. The summed E-state index contributed by atoms with van der Waals surface area (Å²) in [4.78, 5) is 24.7. The molecule has 2 N–H and O–H groups in total. The van der Waals surface area contributed by atoms with Crippen LogP contribution >= 0.6 is 0 Å². The Labute approximate surface area is 203 Å². The number of sulfonamides is 1. The second-order valence-corrected chi connectivity index (χ2v) is 10.2. The topological polar surface area (TPSA) is 110 Å². The standard InChI is InChI=1S/C26H27N3O5S/c1-18-8-10-19(11-9-18)14-15-27-25(30)22(16-20-6-4-3-5-7-20)28-35(32,33)21-12-13-23-24(17-21)34-26(31)29(23)2/h3-13,17,22,28H,14-16H2,1-2H3,(H,27,30). The molecule has 0 aliphatic rings. The van der Waals surface area contributed by atoms with Crippen LogP contribution < -0.4 is 15.8 Å². The van der Waals surface area contributed by atoms with Gasteiger partial charge in [0.2, 0.25) is 15.9 Å². The first-order valence-corrected chi connectivity index (χ1v) is 12.7. The van der Waals surface area contributed by atoms with E-state index in [2.05, 4.69) is 10.0 Å². The third kappa shape index (κ3) is 5.87. The molecule has 4 rings (SSSR count). The number of rotatable bonds is 9. The van der Waals surface area contributed by atoms with E-state index < -0.39 is 27.7 Å². The number of hydrogen-bond donors (Lipinski definition) is 2. The van der Waals surface area contributed by atoms with Crippen molar-refractivity contribution in [2.45, 2.75) is 30.7 Å². The van der Waals surface area contributed by atoms with Gasteiger partial charge < -0.3 is 9.73 Å². The number of nitrogens with zero attached hydrogens (tertiary/aromatic N) is 1. The molecule has 1 amide bonds. The number of nitrogens with one attached hydrogen (secondary N) is 2. The number of fused-ring (bicyclic) bond motifs is 1. The van der Waals surface area contributed by atoms with E-state index in [0.717, 1.165) is 16.7 Å². The molecular weight excluding hydrogens is 466 g/mol. The van der Waals surface area contributed by atoms with E-state index >= 15 is 0 Å². The van der Waals surface area contributed by atoms with Gasteiger partial charge >= 0.3 is 5.76 Å². The molecule has 35 heavy (non-hydrogen) atoms. The third-order valence-corrected chi connectivity index (χ3v) is 7.27. The van der Waals surface area contributed by atoms with Gasteiger partial charge in [-0.2, -0.15) is 4.72 Å². The molecule has 9 heteroatoms. The van der Waals surface area contributed by atoms with E-state index in [1.54, 1.807) is 0 Å². The molecule has 0 spiro atoms. The summed E-state index contributed by atoms with van der Waals surface area (Å²) in [6.07, 6.45) is 0.805. The number of aryl methyl sites for hydroxylation is 2. The highest BCUT2D eigenvalue weighted by Gasteiger charge is 2.26. The first-order chi connectivity index (χ1) is 16.7. The van der Waals surface area contributed by atoms with Crippen LogP contribution in [-0.2, 0) is 34.7 Å². The van der Waals surface area contributed by atoms with E-state index in [-0.39, 0.29) is 16.9 Å². The number of oxazole rings is 1. The van der Waals surface area contributed by atoms with Crippen LogP contribution in [0.3, 0.4) is 0 Å². The SMILES string of the molecule is Cc1ccc(CCNC(=O)C(Cc2ccccc2)NS(=O)(=O)c2ccc3c(c2)oc(=O)n3C)cc1. The van der Waals surface area contributed by atoms with Gasteiger partial charge in [0, 0.05) is 19.7 Å². The highest BCUT2D eigenvalue weighted by molar-refractivity contribution is 7.89. The van der Waals surface area contributed by atoms with Gasteiger partial charge in [0.15, 0.2) is 5.58 Å². The van der Waals surface area contributed by atoms with Crippen molar-refractivity contribution in [1.29, 1.82) is 0 Å². The van der Waals surface area contributed by atoms with Crippen LogP contribution in [-0.4, -0.2) is 31.5 Å². The number of aromatic nitrogens is 1. The van der Waals surface area contributed by atoms with Gasteiger partial charge in [-0.1, -0.05) is 60.2 Å². The smallest absolute Gasteiger partial charge is 0.408 e. The lowest BCUT2D eigenvalue weighted by Crippen LogP contribution is -2.48. The lowest BCUT2D eigenvalue weighted by molar-refractivity contribution is -0.122. The van der Waals surface area contributed by atoms with Gasteiger partial charge in [-0.25, -0.2) is 13.2 Å². The molecule has 1 atom stereocenters. The van der Waals surface area contributed by atoms with Crippen molar-refractivity contribution < 1.29 is 17.6 Å². The van der Waals surface area contributed by atoms with Crippen molar-refractivity contribution >= 4 is 27.0 Å². The highest BCUT2D eigenvalue weighted by atomic mass is 32.2. The molecule has 1 unspecified atom stereocenters. The Morgan fingerprint density at radius 2 is 1.71 bits per heavy atom. The zero-order valence-electron chi connectivity index (χ0n) is 19.5. The molecule has 0 fully saturated rings. The van der Waals surface area contributed by atoms with Crippen molar-refractivity contribution in [2.75, 3.05) is 6.54 Å². The average Bonchev–Trinajstić information content (AvgIpc) is 3.13. The first kappa shape index (κ1) is 24.4. The van der Waals surface area contributed by atoms with Crippen LogP contribution in [0.1, 0.15) is 16.7 Å².